The van der Waals surface area contributed by atoms with Crippen LogP contribution in [0.15, 0.2) is 17.2 Å². The van der Waals surface area contributed by atoms with Crippen LogP contribution in [0.5, 0.6) is 0 Å². The van der Waals surface area contributed by atoms with Crippen LogP contribution in [-0.2, 0) is 13.5 Å². The maximum atomic E-state index is 11.7. The number of nitrogens with zero attached hydrogens (tertiary/aromatic N) is 2. The van der Waals surface area contributed by atoms with Gasteiger partial charge in [-0.3, -0.25) is 4.79 Å². The molecule has 0 amide bonds. The monoisotopic (exact) mass is 205 g/mol. The van der Waals surface area contributed by atoms with Crippen molar-refractivity contribution in [2.75, 3.05) is 0 Å². The van der Waals surface area contributed by atoms with Gasteiger partial charge in [0.05, 0.1) is 11.1 Å². The van der Waals surface area contributed by atoms with E-state index in [4.69, 9.17) is 0 Å². The third-order valence-corrected chi connectivity index (χ3v) is 2.45. The number of aromatic nitrogens is 3. The molecule has 2 aromatic heterocycles. The van der Waals surface area contributed by atoms with Gasteiger partial charge in [-0.15, -0.1) is 0 Å². The molecule has 2 heterocycles. The minimum Gasteiger partial charge on any atom is -0.366 e. The lowest BCUT2D eigenvalue weighted by Crippen LogP contribution is -2.21. The maximum Gasteiger partial charge on any atom is 0.275 e. The lowest BCUT2D eigenvalue weighted by atomic mass is 10.1. The molecule has 0 saturated heterocycles. The number of fused-ring (bicyclic) bond motifs is 1. The highest BCUT2D eigenvalue weighted by atomic mass is 16.1. The van der Waals surface area contributed by atoms with E-state index in [9.17, 15) is 4.79 Å². The summed E-state index contributed by atoms with van der Waals surface area (Å²) in [6, 6.07) is 0. The Balaban J connectivity index is 2.69. The molecular formula is C11H15N3O. The smallest absolute Gasteiger partial charge is 0.275 e. The highest BCUT2D eigenvalue weighted by molar-refractivity contribution is 5.83. The molecule has 0 atom stereocenters. The first kappa shape index (κ1) is 9.96. The fourth-order valence-electron chi connectivity index (χ4n) is 1.77. The van der Waals surface area contributed by atoms with Gasteiger partial charge in [0.15, 0.2) is 0 Å². The van der Waals surface area contributed by atoms with E-state index < -0.39 is 0 Å². The summed E-state index contributed by atoms with van der Waals surface area (Å²) in [6.07, 6.45) is 4.48. The lowest BCUT2D eigenvalue weighted by Gasteiger charge is -2.07. The van der Waals surface area contributed by atoms with Gasteiger partial charge in [0.1, 0.15) is 0 Å². The molecule has 80 valence electrons. The molecule has 15 heavy (non-hydrogen) atoms. The summed E-state index contributed by atoms with van der Waals surface area (Å²) in [7, 11) is 1.69. The van der Waals surface area contributed by atoms with Crippen molar-refractivity contribution in [2.45, 2.75) is 20.3 Å². The standard InChI is InChI=1S/C11H15N3O/c1-7(2)4-10-8-5-12-6-9(8)11(15)14(3)13-10/h5-7,12H,4H2,1-3H3. The average molecular weight is 205 g/mol. The molecule has 2 rings (SSSR count). The summed E-state index contributed by atoms with van der Waals surface area (Å²) in [4.78, 5) is 14.7. The van der Waals surface area contributed by atoms with Gasteiger partial charge in [-0.25, -0.2) is 4.68 Å². The second kappa shape index (κ2) is 3.53. The molecule has 4 nitrogen and oxygen atoms in total. The summed E-state index contributed by atoms with van der Waals surface area (Å²) in [5, 5.41) is 5.97. The molecular weight excluding hydrogens is 190 g/mol. The number of hydrogen-bond acceptors (Lipinski definition) is 2. The van der Waals surface area contributed by atoms with Gasteiger partial charge >= 0.3 is 0 Å². The van der Waals surface area contributed by atoms with Crippen LogP contribution in [-0.4, -0.2) is 14.8 Å². The van der Waals surface area contributed by atoms with Crippen LogP contribution < -0.4 is 5.56 Å². The fraction of sp³-hybridized carbons (Fsp3) is 0.455. The van der Waals surface area contributed by atoms with E-state index in [-0.39, 0.29) is 5.56 Å². The Hall–Kier alpha value is -1.58. The van der Waals surface area contributed by atoms with Crippen LogP contribution in [0.2, 0.25) is 0 Å². The molecule has 1 N–H and O–H groups in total. The van der Waals surface area contributed by atoms with Gasteiger partial charge in [0, 0.05) is 24.8 Å². The summed E-state index contributed by atoms with van der Waals surface area (Å²) in [5.41, 5.74) is 0.946. The molecule has 2 aromatic rings. The predicted octanol–water partition coefficient (Wildman–Crippen LogP) is 1.46. The Bertz CT molecular complexity index is 536. The minimum atomic E-state index is -0.0428. The maximum absolute atomic E-state index is 11.7. The van der Waals surface area contributed by atoms with E-state index in [0.29, 0.717) is 5.92 Å². The zero-order chi connectivity index (χ0) is 11.0. The zero-order valence-electron chi connectivity index (χ0n) is 9.24. The van der Waals surface area contributed by atoms with Crippen molar-refractivity contribution < 1.29 is 0 Å². The van der Waals surface area contributed by atoms with Crippen LogP contribution >= 0.6 is 0 Å². The van der Waals surface area contributed by atoms with Crippen LogP contribution in [0.1, 0.15) is 19.5 Å². The van der Waals surface area contributed by atoms with Crippen LogP contribution in [0.3, 0.4) is 0 Å². The van der Waals surface area contributed by atoms with E-state index in [0.717, 1.165) is 22.9 Å². The predicted molar refractivity (Wildman–Crippen MR) is 59.9 cm³/mol. The highest BCUT2D eigenvalue weighted by Gasteiger charge is 2.10. The van der Waals surface area contributed by atoms with E-state index in [1.54, 1.807) is 13.2 Å². The van der Waals surface area contributed by atoms with Crippen molar-refractivity contribution in [3.63, 3.8) is 0 Å². The van der Waals surface area contributed by atoms with Crippen molar-refractivity contribution in [2.24, 2.45) is 13.0 Å². The van der Waals surface area contributed by atoms with Crippen molar-refractivity contribution in [3.8, 4) is 0 Å². The molecule has 0 aliphatic rings. The summed E-state index contributed by atoms with van der Waals surface area (Å²) < 4.78 is 1.41. The third-order valence-electron chi connectivity index (χ3n) is 2.45. The first-order valence-electron chi connectivity index (χ1n) is 5.12. The second-order valence-corrected chi connectivity index (χ2v) is 4.26. The second-order valence-electron chi connectivity index (χ2n) is 4.26. The molecule has 0 bridgehead atoms. The fourth-order valence-corrected chi connectivity index (χ4v) is 1.77. The lowest BCUT2D eigenvalue weighted by molar-refractivity contribution is 0.605. The number of hydrogen-bond donors (Lipinski definition) is 1. The largest absolute Gasteiger partial charge is 0.366 e. The summed E-state index contributed by atoms with van der Waals surface area (Å²) >= 11 is 0. The van der Waals surface area contributed by atoms with Crippen molar-refractivity contribution in [3.05, 3.63) is 28.4 Å². The Morgan fingerprint density at radius 3 is 2.73 bits per heavy atom. The molecule has 0 unspecified atom stereocenters. The Labute approximate surface area is 87.9 Å². The molecule has 0 spiro atoms. The number of nitrogens with one attached hydrogen (secondary N) is 1. The molecule has 4 heteroatoms. The zero-order valence-corrected chi connectivity index (χ0v) is 9.24. The Morgan fingerprint density at radius 2 is 2.07 bits per heavy atom. The molecule has 0 radical (unpaired) electrons. The van der Waals surface area contributed by atoms with E-state index in [1.807, 2.05) is 6.20 Å². The van der Waals surface area contributed by atoms with Gasteiger partial charge in [-0.05, 0) is 12.3 Å². The topological polar surface area (TPSA) is 50.7 Å². The van der Waals surface area contributed by atoms with E-state index in [2.05, 4.69) is 23.9 Å². The average Bonchev–Trinajstić information content (AvgIpc) is 2.61. The van der Waals surface area contributed by atoms with Gasteiger partial charge in [-0.2, -0.15) is 5.10 Å². The first-order chi connectivity index (χ1) is 7.09. The normalized spacial score (nSPS) is 11.5. The van der Waals surface area contributed by atoms with Crippen LogP contribution in [0, 0.1) is 5.92 Å². The van der Waals surface area contributed by atoms with Crippen LogP contribution in [0.4, 0.5) is 0 Å². The number of rotatable bonds is 2. The van der Waals surface area contributed by atoms with Crippen molar-refractivity contribution >= 4 is 10.8 Å². The molecule has 0 aliphatic heterocycles. The van der Waals surface area contributed by atoms with Gasteiger partial charge < -0.3 is 4.98 Å². The molecule has 0 saturated carbocycles. The summed E-state index contributed by atoms with van der Waals surface area (Å²) in [6.45, 7) is 4.29. The van der Waals surface area contributed by atoms with Gasteiger partial charge in [-0.1, -0.05) is 13.8 Å². The van der Waals surface area contributed by atoms with Gasteiger partial charge in [0.2, 0.25) is 0 Å². The molecule has 0 fully saturated rings. The minimum absolute atomic E-state index is 0.0428. The highest BCUT2D eigenvalue weighted by Crippen LogP contribution is 2.15. The van der Waals surface area contributed by atoms with Crippen LogP contribution in [0.25, 0.3) is 10.8 Å². The molecule has 0 aromatic carbocycles. The SMILES string of the molecule is CC(C)Cc1nn(C)c(=O)c2c[nH]cc12. The number of aryl methyl sites for hydroxylation is 1. The number of H-pyrrole nitrogens is 1. The van der Waals surface area contributed by atoms with Crippen molar-refractivity contribution in [1.82, 2.24) is 14.8 Å². The molecule has 0 aliphatic carbocycles. The third kappa shape index (κ3) is 1.67. The van der Waals surface area contributed by atoms with Crippen molar-refractivity contribution in [1.29, 1.82) is 0 Å². The summed E-state index contributed by atoms with van der Waals surface area (Å²) in [5.74, 6) is 0.535. The first-order valence-corrected chi connectivity index (χ1v) is 5.12. The van der Waals surface area contributed by atoms with Gasteiger partial charge in [0.25, 0.3) is 5.56 Å². The number of aromatic amines is 1. The quantitative estimate of drug-likeness (QED) is 0.807. The Morgan fingerprint density at radius 1 is 1.40 bits per heavy atom. The van der Waals surface area contributed by atoms with E-state index >= 15 is 0 Å². The Kier molecular flexibility index (Phi) is 2.34. The van der Waals surface area contributed by atoms with E-state index in [1.165, 1.54) is 4.68 Å².